The van der Waals surface area contributed by atoms with Crippen molar-refractivity contribution in [3.05, 3.63) is 12.0 Å². The number of hydrogen-bond acceptors (Lipinski definition) is 4. The summed E-state index contributed by atoms with van der Waals surface area (Å²) in [6, 6.07) is 0. The number of carbonyl (C=O) groups is 1. The second kappa shape index (κ2) is 6.89. The van der Waals surface area contributed by atoms with Crippen LogP contribution in [0.4, 0.5) is 0 Å². The summed E-state index contributed by atoms with van der Waals surface area (Å²) in [4.78, 5) is 11.1. The summed E-state index contributed by atoms with van der Waals surface area (Å²) in [5.41, 5.74) is 0. The van der Waals surface area contributed by atoms with Gasteiger partial charge in [0.25, 0.3) is 0 Å². The minimum atomic E-state index is -3.25. The first kappa shape index (κ1) is 13.5. The Morgan fingerprint density at radius 3 is 2.71 bits per heavy atom. The van der Waals surface area contributed by atoms with Crippen LogP contribution in [0.25, 0.3) is 0 Å². The molecule has 4 nitrogen and oxygen atoms in total. The molecule has 0 atom stereocenters. The van der Waals surface area contributed by atoms with E-state index in [1.54, 1.807) is 11.8 Å². The van der Waals surface area contributed by atoms with Gasteiger partial charge >= 0.3 is 0 Å². The summed E-state index contributed by atoms with van der Waals surface area (Å²) in [5, 5.41) is 3.50. The van der Waals surface area contributed by atoms with E-state index >= 15 is 0 Å². The van der Waals surface area contributed by atoms with Crippen molar-refractivity contribution >= 4 is 27.5 Å². The van der Waals surface area contributed by atoms with Gasteiger partial charge in [0.1, 0.15) is 0 Å². The fraction of sp³-hybridized carbons (Fsp3) is 0.625. The number of sulfone groups is 1. The van der Waals surface area contributed by atoms with Crippen molar-refractivity contribution < 1.29 is 13.2 Å². The molecule has 0 rings (SSSR count). The summed E-state index contributed by atoms with van der Waals surface area (Å²) >= 11 is 1.62. The minimum absolute atomic E-state index is 0.00271. The molecule has 0 aromatic carbocycles. The number of rotatable bonds is 7. The minimum Gasteiger partial charge on any atom is -0.355 e. The SMILES string of the molecule is C=CS(=O)(=O)CCC(=O)NCCSC. The molecule has 0 spiro atoms. The third-order valence-electron chi connectivity index (χ3n) is 1.50. The molecule has 82 valence electrons. The van der Waals surface area contributed by atoms with Gasteiger partial charge in [0.15, 0.2) is 9.84 Å². The molecular weight excluding hydrogens is 222 g/mol. The number of thioether (sulfide) groups is 1. The van der Waals surface area contributed by atoms with Crippen LogP contribution in [-0.2, 0) is 14.6 Å². The highest BCUT2D eigenvalue weighted by Gasteiger charge is 2.08. The van der Waals surface area contributed by atoms with Gasteiger partial charge in [-0.1, -0.05) is 6.58 Å². The molecule has 0 aliphatic heterocycles. The van der Waals surface area contributed by atoms with Crippen LogP contribution in [0.5, 0.6) is 0 Å². The standard InChI is InChI=1S/C8H15NO3S2/c1-3-14(11,12)7-4-8(10)9-5-6-13-2/h3H,1,4-7H2,2H3,(H,9,10). The molecule has 6 heteroatoms. The average molecular weight is 237 g/mol. The highest BCUT2D eigenvalue weighted by Crippen LogP contribution is 1.94. The molecule has 0 aromatic rings. The number of nitrogens with one attached hydrogen (secondary N) is 1. The lowest BCUT2D eigenvalue weighted by atomic mass is 10.4. The molecule has 0 fully saturated rings. The van der Waals surface area contributed by atoms with Gasteiger partial charge in [-0.05, 0) is 6.26 Å². The Labute approximate surface area is 89.1 Å². The third-order valence-corrected chi connectivity index (χ3v) is 3.39. The highest BCUT2D eigenvalue weighted by molar-refractivity contribution is 7.98. The molecule has 0 unspecified atom stereocenters. The van der Waals surface area contributed by atoms with E-state index in [1.165, 1.54) is 0 Å². The second-order valence-electron chi connectivity index (χ2n) is 2.63. The van der Waals surface area contributed by atoms with Gasteiger partial charge in [0.05, 0.1) is 5.75 Å². The van der Waals surface area contributed by atoms with E-state index in [0.717, 1.165) is 11.2 Å². The fourth-order valence-electron chi connectivity index (χ4n) is 0.699. The lowest BCUT2D eigenvalue weighted by Crippen LogP contribution is -2.27. The molecule has 1 N–H and O–H groups in total. The summed E-state index contributed by atoms with van der Waals surface area (Å²) in [6.45, 7) is 3.74. The van der Waals surface area contributed by atoms with E-state index in [1.807, 2.05) is 6.26 Å². The van der Waals surface area contributed by atoms with E-state index in [0.29, 0.717) is 6.54 Å². The van der Waals surface area contributed by atoms with Gasteiger partial charge in [-0.3, -0.25) is 4.79 Å². The molecule has 0 aliphatic rings. The summed E-state index contributed by atoms with van der Waals surface area (Å²) in [5.74, 6) is 0.436. The lowest BCUT2D eigenvalue weighted by molar-refractivity contribution is -0.120. The van der Waals surface area contributed by atoms with Gasteiger partial charge < -0.3 is 5.32 Å². The first-order valence-corrected chi connectivity index (χ1v) is 7.23. The maximum Gasteiger partial charge on any atom is 0.221 e. The maximum absolute atomic E-state index is 11.1. The molecule has 0 bridgehead atoms. The number of amides is 1. The topological polar surface area (TPSA) is 63.2 Å². The lowest BCUT2D eigenvalue weighted by Gasteiger charge is -2.02. The second-order valence-corrected chi connectivity index (χ2v) is 5.68. The molecule has 1 amide bonds. The Bertz CT molecular complexity index is 285. The Kier molecular flexibility index (Phi) is 6.65. The van der Waals surface area contributed by atoms with Crippen LogP contribution in [-0.4, -0.2) is 38.6 Å². The van der Waals surface area contributed by atoms with Crippen molar-refractivity contribution in [3.63, 3.8) is 0 Å². The average Bonchev–Trinajstić information content (AvgIpc) is 2.16. The van der Waals surface area contributed by atoms with Gasteiger partial charge in [-0.15, -0.1) is 0 Å². The van der Waals surface area contributed by atoms with Crippen LogP contribution in [0.15, 0.2) is 12.0 Å². The molecule has 0 aromatic heterocycles. The van der Waals surface area contributed by atoms with Gasteiger partial charge in [-0.2, -0.15) is 11.8 Å². The summed E-state index contributed by atoms with van der Waals surface area (Å²) in [6.07, 6.45) is 1.94. The number of carbonyl (C=O) groups excluding carboxylic acids is 1. The zero-order valence-electron chi connectivity index (χ0n) is 8.15. The Morgan fingerprint density at radius 2 is 2.21 bits per heavy atom. The molecular formula is C8H15NO3S2. The maximum atomic E-state index is 11.1. The number of hydrogen-bond donors (Lipinski definition) is 1. The zero-order valence-corrected chi connectivity index (χ0v) is 9.79. The monoisotopic (exact) mass is 237 g/mol. The zero-order chi connectivity index (χ0) is 11.0. The van der Waals surface area contributed by atoms with E-state index in [-0.39, 0.29) is 18.1 Å². The van der Waals surface area contributed by atoms with Crippen molar-refractivity contribution in [2.45, 2.75) is 6.42 Å². The van der Waals surface area contributed by atoms with Crippen molar-refractivity contribution in [1.82, 2.24) is 5.32 Å². The summed E-state index contributed by atoms with van der Waals surface area (Å²) in [7, 11) is -3.25. The van der Waals surface area contributed by atoms with E-state index < -0.39 is 9.84 Å². The normalized spacial score (nSPS) is 10.9. The Hall–Kier alpha value is -0.490. The van der Waals surface area contributed by atoms with Crippen LogP contribution in [0.2, 0.25) is 0 Å². The van der Waals surface area contributed by atoms with Gasteiger partial charge in [-0.25, -0.2) is 8.42 Å². The highest BCUT2D eigenvalue weighted by atomic mass is 32.2. The van der Waals surface area contributed by atoms with Crippen LogP contribution >= 0.6 is 11.8 Å². The fourth-order valence-corrected chi connectivity index (χ4v) is 1.64. The van der Waals surface area contributed by atoms with Crippen molar-refractivity contribution in [1.29, 1.82) is 0 Å². The molecule has 0 aliphatic carbocycles. The molecule has 0 saturated heterocycles. The third kappa shape index (κ3) is 6.97. The van der Waals surface area contributed by atoms with E-state index in [4.69, 9.17) is 0 Å². The summed E-state index contributed by atoms with van der Waals surface area (Å²) < 4.78 is 21.9. The first-order valence-electron chi connectivity index (χ1n) is 4.12. The predicted octanol–water partition coefficient (Wildman–Crippen LogP) is 0.414. The van der Waals surface area contributed by atoms with E-state index in [9.17, 15) is 13.2 Å². The quantitative estimate of drug-likeness (QED) is 0.652. The van der Waals surface area contributed by atoms with Crippen molar-refractivity contribution in [3.8, 4) is 0 Å². The molecule has 0 saturated carbocycles. The van der Waals surface area contributed by atoms with E-state index in [2.05, 4.69) is 11.9 Å². The molecule has 0 radical (unpaired) electrons. The predicted molar refractivity (Wildman–Crippen MR) is 60.0 cm³/mol. The van der Waals surface area contributed by atoms with Crippen LogP contribution in [0.1, 0.15) is 6.42 Å². The van der Waals surface area contributed by atoms with Crippen molar-refractivity contribution in [2.24, 2.45) is 0 Å². The smallest absolute Gasteiger partial charge is 0.221 e. The Morgan fingerprint density at radius 1 is 1.57 bits per heavy atom. The van der Waals surface area contributed by atoms with Crippen LogP contribution in [0, 0.1) is 0 Å². The van der Waals surface area contributed by atoms with Crippen LogP contribution in [0.3, 0.4) is 0 Å². The molecule has 0 heterocycles. The largest absolute Gasteiger partial charge is 0.355 e. The first-order chi connectivity index (χ1) is 6.52. The van der Waals surface area contributed by atoms with Gasteiger partial charge in [0, 0.05) is 24.1 Å². The van der Waals surface area contributed by atoms with Gasteiger partial charge in [0.2, 0.25) is 5.91 Å². The van der Waals surface area contributed by atoms with Crippen LogP contribution < -0.4 is 5.32 Å². The Balaban J connectivity index is 3.69. The molecule has 14 heavy (non-hydrogen) atoms. The van der Waals surface area contributed by atoms with Crippen molar-refractivity contribution in [2.75, 3.05) is 24.3 Å².